The second-order valence-electron chi connectivity index (χ2n) is 2.77. The third kappa shape index (κ3) is 2.50. The number of hydrogen-bond donors (Lipinski definition) is 1. The van der Waals surface area contributed by atoms with Crippen LogP contribution in [-0.2, 0) is 0 Å². The van der Waals surface area contributed by atoms with Crippen molar-refractivity contribution in [3.05, 3.63) is 30.4 Å². The molecule has 1 N–H and O–H groups in total. The SMILES string of the molecule is C1=C(c2cnccn2)CCNC1.Cl. The number of hydrogen-bond acceptors (Lipinski definition) is 3. The summed E-state index contributed by atoms with van der Waals surface area (Å²) in [7, 11) is 0. The molecule has 0 aliphatic carbocycles. The molecule has 0 spiro atoms. The van der Waals surface area contributed by atoms with Crippen LogP contribution in [0.4, 0.5) is 0 Å². The molecule has 0 saturated carbocycles. The highest BCUT2D eigenvalue weighted by Gasteiger charge is 2.05. The molecule has 0 bridgehead atoms. The van der Waals surface area contributed by atoms with Crippen LogP contribution in [0.25, 0.3) is 5.57 Å². The average Bonchev–Trinajstić information content (AvgIpc) is 2.21. The van der Waals surface area contributed by atoms with Crippen LogP contribution in [0.3, 0.4) is 0 Å². The van der Waals surface area contributed by atoms with Gasteiger partial charge in [-0.2, -0.15) is 0 Å². The van der Waals surface area contributed by atoms with E-state index in [1.165, 1.54) is 5.57 Å². The van der Waals surface area contributed by atoms with Crippen molar-refractivity contribution in [2.75, 3.05) is 13.1 Å². The van der Waals surface area contributed by atoms with E-state index in [2.05, 4.69) is 21.4 Å². The predicted octanol–water partition coefficient (Wildman–Crippen LogP) is 1.28. The maximum absolute atomic E-state index is 4.24. The molecule has 1 aromatic heterocycles. The second kappa shape index (κ2) is 4.94. The lowest BCUT2D eigenvalue weighted by atomic mass is 10.1. The van der Waals surface area contributed by atoms with Crippen molar-refractivity contribution in [2.24, 2.45) is 0 Å². The maximum atomic E-state index is 4.24. The van der Waals surface area contributed by atoms with Gasteiger partial charge in [0, 0.05) is 18.9 Å². The minimum atomic E-state index is 0. The number of nitrogens with one attached hydrogen (secondary N) is 1. The fraction of sp³-hybridized carbons (Fsp3) is 0.333. The molecule has 0 fully saturated rings. The first-order chi connectivity index (χ1) is 5.97. The van der Waals surface area contributed by atoms with Gasteiger partial charge in [0.2, 0.25) is 0 Å². The Bertz CT molecular complexity index is 284. The summed E-state index contributed by atoms with van der Waals surface area (Å²) in [4.78, 5) is 8.28. The first-order valence-electron chi connectivity index (χ1n) is 4.13. The Labute approximate surface area is 83.7 Å². The Morgan fingerprint density at radius 3 is 2.85 bits per heavy atom. The summed E-state index contributed by atoms with van der Waals surface area (Å²) in [5, 5.41) is 3.26. The topological polar surface area (TPSA) is 37.8 Å². The summed E-state index contributed by atoms with van der Waals surface area (Å²) in [6.45, 7) is 1.99. The Morgan fingerprint density at radius 1 is 1.31 bits per heavy atom. The van der Waals surface area contributed by atoms with Gasteiger partial charge in [-0.3, -0.25) is 9.97 Å². The van der Waals surface area contributed by atoms with Crippen molar-refractivity contribution in [1.82, 2.24) is 15.3 Å². The predicted molar refractivity (Wildman–Crippen MR) is 54.7 cm³/mol. The normalized spacial score (nSPS) is 15.8. The summed E-state index contributed by atoms with van der Waals surface area (Å²) in [5.41, 5.74) is 2.32. The Morgan fingerprint density at radius 2 is 2.23 bits per heavy atom. The number of halogens is 1. The molecule has 0 unspecified atom stereocenters. The Kier molecular flexibility index (Phi) is 3.86. The molecule has 4 heteroatoms. The zero-order valence-electron chi connectivity index (χ0n) is 7.23. The van der Waals surface area contributed by atoms with Crippen LogP contribution in [0, 0.1) is 0 Å². The van der Waals surface area contributed by atoms with Crippen molar-refractivity contribution < 1.29 is 0 Å². The molecule has 1 aliphatic heterocycles. The summed E-state index contributed by atoms with van der Waals surface area (Å²) < 4.78 is 0. The molecule has 0 saturated heterocycles. The van der Waals surface area contributed by atoms with Crippen LogP contribution in [0.2, 0.25) is 0 Å². The zero-order chi connectivity index (χ0) is 8.23. The first kappa shape index (κ1) is 10.2. The van der Waals surface area contributed by atoms with Crippen molar-refractivity contribution >= 4 is 18.0 Å². The highest BCUT2D eigenvalue weighted by molar-refractivity contribution is 5.85. The fourth-order valence-electron chi connectivity index (χ4n) is 1.32. The smallest absolute Gasteiger partial charge is 0.0842 e. The molecule has 0 atom stereocenters. The first-order valence-corrected chi connectivity index (χ1v) is 4.13. The van der Waals surface area contributed by atoms with E-state index in [9.17, 15) is 0 Å². The number of aromatic nitrogens is 2. The minimum Gasteiger partial charge on any atom is -0.313 e. The quantitative estimate of drug-likeness (QED) is 0.737. The molecular formula is C9H12ClN3. The Balaban J connectivity index is 0.000000845. The van der Waals surface area contributed by atoms with Crippen LogP contribution in [0.5, 0.6) is 0 Å². The lowest BCUT2D eigenvalue weighted by Crippen LogP contribution is -2.20. The standard InChI is InChI=1S/C9H11N3.ClH/c1-3-10-4-2-8(1)9-7-11-5-6-12-9;/h1,5-7,10H,2-4H2;1H. The van der Waals surface area contributed by atoms with Gasteiger partial charge < -0.3 is 5.32 Å². The molecule has 3 nitrogen and oxygen atoms in total. The highest BCUT2D eigenvalue weighted by Crippen LogP contribution is 2.15. The Hall–Kier alpha value is -0.930. The molecule has 13 heavy (non-hydrogen) atoms. The van der Waals surface area contributed by atoms with E-state index in [-0.39, 0.29) is 12.4 Å². The van der Waals surface area contributed by atoms with Crippen LogP contribution < -0.4 is 5.32 Å². The summed E-state index contributed by atoms with van der Waals surface area (Å²) >= 11 is 0. The monoisotopic (exact) mass is 197 g/mol. The van der Waals surface area contributed by atoms with Crippen LogP contribution >= 0.6 is 12.4 Å². The van der Waals surface area contributed by atoms with E-state index in [4.69, 9.17) is 0 Å². The van der Waals surface area contributed by atoms with Gasteiger partial charge in [0.25, 0.3) is 0 Å². The van der Waals surface area contributed by atoms with Gasteiger partial charge in [-0.1, -0.05) is 6.08 Å². The lowest BCUT2D eigenvalue weighted by molar-refractivity contribution is 0.736. The van der Waals surface area contributed by atoms with Gasteiger partial charge >= 0.3 is 0 Å². The van der Waals surface area contributed by atoms with E-state index >= 15 is 0 Å². The second-order valence-corrected chi connectivity index (χ2v) is 2.77. The van der Waals surface area contributed by atoms with Crippen LogP contribution in [0.1, 0.15) is 12.1 Å². The van der Waals surface area contributed by atoms with E-state index < -0.39 is 0 Å². The molecular weight excluding hydrogens is 186 g/mol. The summed E-state index contributed by atoms with van der Waals surface area (Å²) in [5.74, 6) is 0. The van der Waals surface area contributed by atoms with Gasteiger partial charge in [-0.25, -0.2) is 0 Å². The van der Waals surface area contributed by atoms with E-state index in [1.807, 2.05) is 6.20 Å². The van der Waals surface area contributed by atoms with Gasteiger partial charge in [0.05, 0.1) is 11.9 Å². The van der Waals surface area contributed by atoms with E-state index in [1.54, 1.807) is 12.4 Å². The summed E-state index contributed by atoms with van der Waals surface area (Å²) in [6.07, 6.45) is 8.48. The van der Waals surface area contributed by atoms with Crippen molar-refractivity contribution in [1.29, 1.82) is 0 Å². The minimum absolute atomic E-state index is 0. The van der Waals surface area contributed by atoms with Crippen LogP contribution in [-0.4, -0.2) is 23.1 Å². The zero-order valence-corrected chi connectivity index (χ0v) is 8.05. The lowest BCUT2D eigenvalue weighted by Gasteiger charge is -2.12. The third-order valence-electron chi connectivity index (χ3n) is 1.96. The molecule has 0 radical (unpaired) electrons. The van der Waals surface area contributed by atoms with E-state index in [0.29, 0.717) is 0 Å². The largest absolute Gasteiger partial charge is 0.313 e. The van der Waals surface area contributed by atoms with Gasteiger partial charge in [-0.05, 0) is 18.5 Å². The highest BCUT2D eigenvalue weighted by atomic mass is 35.5. The number of nitrogens with zero attached hydrogens (tertiary/aromatic N) is 2. The van der Waals surface area contributed by atoms with E-state index in [0.717, 1.165) is 25.2 Å². The van der Waals surface area contributed by atoms with Gasteiger partial charge in [0.15, 0.2) is 0 Å². The third-order valence-corrected chi connectivity index (χ3v) is 1.96. The van der Waals surface area contributed by atoms with Gasteiger partial charge in [-0.15, -0.1) is 12.4 Å². The van der Waals surface area contributed by atoms with Crippen molar-refractivity contribution in [3.63, 3.8) is 0 Å². The van der Waals surface area contributed by atoms with Crippen molar-refractivity contribution in [2.45, 2.75) is 6.42 Å². The average molecular weight is 198 g/mol. The molecule has 0 amide bonds. The molecule has 1 aliphatic rings. The van der Waals surface area contributed by atoms with Crippen LogP contribution in [0.15, 0.2) is 24.7 Å². The molecule has 70 valence electrons. The van der Waals surface area contributed by atoms with Gasteiger partial charge in [0.1, 0.15) is 0 Å². The fourth-order valence-corrected chi connectivity index (χ4v) is 1.32. The number of rotatable bonds is 1. The summed E-state index contributed by atoms with van der Waals surface area (Å²) in [6, 6.07) is 0. The molecule has 2 heterocycles. The molecule has 2 rings (SSSR count). The maximum Gasteiger partial charge on any atom is 0.0842 e. The molecule has 1 aromatic rings. The molecule has 0 aromatic carbocycles. The van der Waals surface area contributed by atoms with Crippen molar-refractivity contribution in [3.8, 4) is 0 Å².